The van der Waals surface area contributed by atoms with Crippen molar-refractivity contribution in [3.63, 3.8) is 0 Å². The van der Waals surface area contributed by atoms with Crippen LogP contribution in [0.2, 0.25) is 0 Å². The molecule has 3 atom stereocenters. The Morgan fingerprint density at radius 2 is 1.75 bits per heavy atom. The summed E-state index contributed by atoms with van der Waals surface area (Å²) in [6.07, 6.45) is 0.942. The molecule has 0 unspecified atom stereocenters. The van der Waals surface area contributed by atoms with Crippen LogP contribution in [0.5, 0.6) is 0 Å². The quantitative estimate of drug-likeness (QED) is 0.368. The first-order valence-electron chi connectivity index (χ1n) is 11.8. The Morgan fingerprint density at radius 3 is 2.36 bits per heavy atom. The zero-order chi connectivity index (χ0) is 26.8. The van der Waals surface area contributed by atoms with Crippen molar-refractivity contribution in [3.8, 4) is 0 Å². The average Bonchev–Trinajstić information content (AvgIpc) is 2.84. The SMILES string of the molecule is COC(=O)[C@H](CS[C@@H]1CCCC[C@@]1(NC(=O)OCc1ccccc1)C(=O)OC)NC(=O)OC(C)(C)C. The van der Waals surface area contributed by atoms with Gasteiger partial charge in [-0.15, -0.1) is 0 Å². The lowest BCUT2D eigenvalue weighted by atomic mass is 9.81. The molecule has 0 radical (unpaired) electrons. The fourth-order valence-corrected chi connectivity index (χ4v) is 5.43. The molecule has 1 aliphatic rings. The number of hydrogen-bond acceptors (Lipinski definition) is 9. The summed E-state index contributed by atoms with van der Waals surface area (Å²) in [7, 11) is 2.49. The van der Waals surface area contributed by atoms with Gasteiger partial charge in [0.1, 0.15) is 18.2 Å². The van der Waals surface area contributed by atoms with Crippen LogP contribution in [0, 0.1) is 0 Å². The molecule has 36 heavy (non-hydrogen) atoms. The number of benzene rings is 1. The van der Waals surface area contributed by atoms with Crippen LogP contribution in [-0.2, 0) is 35.1 Å². The van der Waals surface area contributed by atoms with Crippen LogP contribution in [0.1, 0.15) is 52.0 Å². The Morgan fingerprint density at radius 1 is 1.06 bits per heavy atom. The maximum atomic E-state index is 13.0. The van der Waals surface area contributed by atoms with Crippen molar-refractivity contribution in [2.45, 2.75) is 75.5 Å². The van der Waals surface area contributed by atoms with Gasteiger partial charge in [-0.1, -0.05) is 43.2 Å². The van der Waals surface area contributed by atoms with E-state index >= 15 is 0 Å². The summed E-state index contributed by atoms with van der Waals surface area (Å²) < 4.78 is 20.5. The van der Waals surface area contributed by atoms with Crippen molar-refractivity contribution in [2.75, 3.05) is 20.0 Å². The molecule has 1 fully saturated rings. The van der Waals surface area contributed by atoms with E-state index in [9.17, 15) is 19.2 Å². The van der Waals surface area contributed by atoms with Crippen molar-refractivity contribution < 1.29 is 38.1 Å². The monoisotopic (exact) mass is 524 g/mol. The summed E-state index contributed by atoms with van der Waals surface area (Å²) >= 11 is 1.27. The van der Waals surface area contributed by atoms with Crippen molar-refractivity contribution in [2.24, 2.45) is 0 Å². The van der Waals surface area contributed by atoms with Crippen LogP contribution >= 0.6 is 11.8 Å². The number of hydrogen-bond donors (Lipinski definition) is 2. The number of rotatable bonds is 9. The van der Waals surface area contributed by atoms with Crippen molar-refractivity contribution in [1.82, 2.24) is 10.6 Å². The summed E-state index contributed by atoms with van der Waals surface area (Å²) in [6, 6.07) is 8.17. The highest BCUT2D eigenvalue weighted by molar-refractivity contribution is 8.00. The lowest BCUT2D eigenvalue weighted by Crippen LogP contribution is -2.63. The predicted molar refractivity (Wildman–Crippen MR) is 134 cm³/mol. The Kier molecular flexibility index (Phi) is 10.9. The van der Waals surface area contributed by atoms with E-state index in [0.717, 1.165) is 12.0 Å². The van der Waals surface area contributed by atoms with E-state index in [2.05, 4.69) is 10.6 Å². The summed E-state index contributed by atoms with van der Waals surface area (Å²) in [5.41, 5.74) is -1.29. The highest BCUT2D eigenvalue weighted by atomic mass is 32.2. The Bertz CT molecular complexity index is 905. The predicted octanol–water partition coefficient (Wildman–Crippen LogP) is 3.57. The van der Waals surface area contributed by atoms with Crippen molar-refractivity contribution in [3.05, 3.63) is 35.9 Å². The smallest absolute Gasteiger partial charge is 0.408 e. The fourth-order valence-electron chi connectivity index (χ4n) is 3.89. The van der Waals surface area contributed by atoms with Crippen LogP contribution in [0.15, 0.2) is 30.3 Å². The van der Waals surface area contributed by atoms with Gasteiger partial charge in [0.15, 0.2) is 5.54 Å². The maximum Gasteiger partial charge on any atom is 0.408 e. The van der Waals surface area contributed by atoms with E-state index in [-0.39, 0.29) is 12.4 Å². The minimum atomic E-state index is -1.35. The Hall–Kier alpha value is -2.95. The number of carbonyl (C=O) groups excluding carboxylic acids is 4. The molecule has 1 aromatic carbocycles. The molecule has 200 valence electrons. The van der Waals surface area contributed by atoms with Crippen LogP contribution in [0.4, 0.5) is 9.59 Å². The standard InChI is InChI=1S/C25H36N2O8S/c1-24(2,3)35-22(30)26-18(20(28)32-4)16-36-19-13-9-10-14-25(19,21(29)33-5)27-23(31)34-15-17-11-7-6-8-12-17/h6-8,11-12,18-19H,9-10,13-16H2,1-5H3,(H,26,30)(H,27,31)/t18-,19+,25-/m0/s1. The minimum absolute atomic E-state index is 0.0476. The average molecular weight is 525 g/mol. The number of amides is 2. The summed E-state index contributed by atoms with van der Waals surface area (Å²) in [4.78, 5) is 50.3. The third-order valence-electron chi connectivity index (χ3n) is 5.57. The molecule has 0 heterocycles. The highest BCUT2D eigenvalue weighted by Crippen LogP contribution is 2.38. The Labute approximate surface area is 216 Å². The number of esters is 2. The van der Waals surface area contributed by atoms with E-state index in [1.165, 1.54) is 26.0 Å². The van der Waals surface area contributed by atoms with Gasteiger partial charge < -0.3 is 29.6 Å². The van der Waals surface area contributed by atoms with E-state index in [1.54, 1.807) is 20.8 Å². The van der Waals surface area contributed by atoms with Gasteiger partial charge >= 0.3 is 24.1 Å². The number of carbonyl (C=O) groups is 4. The van der Waals surface area contributed by atoms with E-state index in [4.69, 9.17) is 18.9 Å². The lowest BCUT2D eigenvalue weighted by molar-refractivity contribution is -0.149. The first kappa shape index (κ1) is 29.3. The zero-order valence-corrected chi connectivity index (χ0v) is 22.3. The number of nitrogens with one attached hydrogen (secondary N) is 2. The molecule has 11 heteroatoms. The van der Waals surface area contributed by atoms with Gasteiger partial charge in [0.05, 0.1) is 14.2 Å². The second kappa shape index (κ2) is 13.4. The third kappa shape index (κ3) is 8.61. The number of methoxy groups -OCH3 is 2. The highest BCUT2D eigenvalue weighted by Gasteiger charge is 2.50. The van der Waals surface area contributed by atoms with Gasteiger partial charge in [0.2, 0.25) is 0 Å². The minimum Gasteiger partial charge on any atom is -0.467 e. The molecule has 0 bridgehead atoms. The molecule has 2 N–H and O–H groups in total. The van der Waals surface area contributed by atoms with Crippen molar-refractivity contribution >= 4 is 35.9 Å². The van der Waals surface area contributed by atoms with E-state index in [0.29, 0.717) is 19.3 Å². The van der Waals surface area contributed by atoms with Crippen LogP contribution in [-0.4, -0.2) is 66.5 Å². The molecular weight excluding hydrogens is 488 g/mol. The van der Waals surface area contributed by atoms with Gasteiger partial charge in [0.25, 0.3) is 0 Å². The molecular formula is C25H36N2O8S. The normalized spacial score (nSPS) is 20.4. The number of thioether (sulfide) groups is 1. The molecule has 2 amide bonds. The zero-order valence-electron chi connectivity index (χ0n) is 21.5. The largest absolute Gasteiger partial charge is 0.467 e. The summed E-state index contributed by atoms with van der Waals surface area (Å²) in [6.45, 7) is 5.18. The molecule has 1 aromatic rings. The molecule has 0 spiro atoms. The van der Waals surface area contributed by atoms with Gasteiger partial charge in [-0.05, 0) is 39.2 Å². The Balaban J connectivity index is 2.14. The molecule has 0 aliphatic heterocycles. The molecule has 0 saturated heterocycles. The number of alkyl carbamates (subject to hydrolysis) is 2. The van der Waals surface area contributed by atoms with Crippen LogP contribution in [0.3, 0.4) is 0 Å². The van der Waals surface area contributed by atoms with Gasteiger partial charge in [-0.2, -0.15) is 11.8 Å². The summed E-state index contributed by atoms with van der Waals surface area (Å²) in [5.74, 6) is -1.15. The fraction of sp³-hybridized carbons (Fsp3) is 0.600. The first-order chi connectivity index (χ1) is 17.0. The second-order valence-electron chi connectivity index (χ2n) is 9.44. The topological polar surface area (TPSA) is 129 Å². The van der Waals surface area contributed by atoms with Gasteiger partial charge in [-0.25, -0.2) is 19.2 Å². The number of ether oxygens (including phenoxy) is 4. The maximum absolute atomic E-state index is 13.0. The molecule has 2 rings (SSSR count). The second-order valence-corrected chi connectivity index (χ2v) is 10.7. The van der Waals surface area contributed by atoms with Gasteiger partial charge in [0, 0.05) is 11.0 Å². The lowest BCUT2D eigenvalue weighted by Gasteiger charge is -2.41. The molecule has 0 aromatic heterocycles. The van der Waals surface area contributed by atoms with E-state index in [1.807, 2.05) is 30.3 Å². The molecule has 10 nitrogen and oxygen atoms in total. The van der Waals surface area contributed by atoms with Crippen molar-refractivity contribution in [1.29, 1.82) is 0 Å². The summed E-state index contributed by atoms with van der Waals surface area (Å²) in [5, 5.41) is 4.85. The van der Waals surface area contributed by atoms with Crippen LogP contribution < -0.4 is 10.6 Å². The first-order valence-corrected chi connectivity index (χ1v) is 12.8. The third-order valence-corrected chi connectivity index (χ3v) is 7.13. The molecule has 1 aliphatic carbocycles. The van der Waals surface area contributed by atoms with E-state index < -0.39 is 46.6 Å². The molecule has 1 saturated carbocycles. The van der Waals surface area contributed by atoms with Crippen LogP contribution in [0.25, 0.3) is 0 Å². The van der Waals surface area contributed by atoms with Gasteiger partial charge in [-0.3, -0.25) is 0 Å².